The van der Waals surface area contributed by atoms with Gasteiger partial charge in [0.05, 0.1) is 28.4 Å². The molecule has 26 heavy (non-hydrogen) atoms. The van der Waals surface area contributed by atoms with E-state index in [0.717, 1.165) is 18.4 Å². The van der Waals surface area contributed by atoms with E-state index in [1.165, 1.54) is 0 Å². The normalized spacial score (nSPS) is 26.2. The molecule has 1 spiro atoms. The lowest BCUT2D eigenvalue weighted by Gasteiger charge is -2.50. The van der Waals surface area contributed by atoms with Crippen LogP contribution in [0.2, 0.25) is 5.02 Å². The van der Waals surface area contributed by atoms with E-state index in [0.29, 0.717) is 36.5 Å². The van der Waals surface area contributed by atoms with Crippen LogP contribution in [0.4, 0.5) is 0 Å². The molecule has 2 heterocycles. The first kappa shape index (κ1) is 19.7. The minimum atomic E-state index is -0.332. The minimum absolute atomic E-state index is 0.00353. The van der Waals surface area contributed by atoms with Crippen LogP contribution < -0.4 is 0 Å². The Kier molecular flexibility index (Phi) is 5.40. The molecule has 0 aromatic heterocycles. The number of benzene rings is 1. The average molecular weight is 380 g/mol. The number of likely N-dealkylation sites (tertiary alicyclic amines) is 1. The lowest BCUT2D eigenvalue weighted by atomic mass is 9.76. The third-order valence-corrected chi connectivity index (χ3v) is 6.34. The zero-order valence-corrected chi connectivity index (χ0v) is 17.0. The molecule has 0 aliphatic carbocycles. The van der Waals surface area contributed by atoms with Gasteiger partial charge in [0.15, 0.2) is 0 Å². The van der Waals surface area contributed by atoms with Gasteiger partial charge in [-0.05, 0) is 36.8 Å². The van der Waals surface area contributed by atoms with Crippen molar-refractivity contribution in [3.8, 4) is 0 Å². The van der Waals surface area contributed by atoms with Crippen molar-refractivity contribution in [3.63, 3.8) is 0 Å². The summed E-state index contributed by atoms with van der Waals surface area (Å²) in [7, 11) is 0. The molecule has 2 aliphatic rings. The Morgan fingerprint density at radius 3 is 2.58 bits per heavy atom. The van der Waals surface area contributed by atoms with E-state index < -0.39 is 0 Å². The molecule has 1 aromatic rings. The summed E-state index contributed by atoms with van der Waals surface area (Å²) < 4.78 is 6.50. The molecule has 2 saturated heterocycles. The Hall–Kier alpha value is -1.10. The molecule has 1 aromatic carbocycles. The van der Waals surface area contributed by atoms with Gasteiger partial charge in [0.1, 0.15) is 0 Å². The van der Waals surface area contributed by atoms with Gasteiger partial charge in [0.25, 0.3) is 5.91 Å². The Morgan fingerprint density at radius 2 is 1.96 bits per heavy atom. The summed E-state index contributed by atoms with van der Waals surface area (Å²) in [5.41, 5.74) is 1.16. The van der Waals surface area contributed by atoms with Crippen LogP contribution >= 0.6 is 11.6 Å². The van der Waals surface area contributed by atoms with Crippen molar-refractivity contribution in [2.45, 2.75) is 71.2 Å². The van der Waals surface area contributed by atoms with E-state index in [2.05, 4.69) is 20.8 Å². The highest BCUT2D eigenvalue weighted by Crippen LogP contribution is 2.42. The highest BCUT2D eigenvalue weighted by molar-refractivity contribution is 6.34. The first-order valence-electron chi connectivity index (χ1n) is 9.52. The number of hydrogen-bond donors (Lipinski definition) is 1. The van der Waals surface area contributed by atoms with Crippen molar-refractivity contribution in [3.05, 3.63) is 34.3 Å². The second-order valence-electron chi connectivity index (χ2n) is 8.98. The van der Waals surface area contributed by atoms with Gasteiger partial charge >= 0.3 is 0 Å². The predicted molar refractivity (Wildman–Crippen MR) is 104 cm³/mol. The number of nitrogens with zero attached hydrogens (tertiary/aromatic N) is 1. The van der Waals surface area contributed by atoms with E-state index in [-0.39, 0.29) is 29.1 Å². The van der Waals surface area contributed by atoms with Gasteiger partial charge in [-0.25, -0.2) is 0 Å². The van der Waals surface area contributed by atoms with Gasteiger partial charge < -0.3 is 14.7 Å². The molecule has 3 rings (SSSR count). The maximum absolute atomic E-state index is 12.9. The first-order chi connectivity index (χ1) is 12.1. The van der Waals surface area contributed by atoms with Gasteiger partial charge in [-0.3, -0.25) is 4.79 Å². The van der Waals surface area contributed by atoms with Crippen molar-refractivity contribution in [1.29, 1.82) is 0 Å². The SMILES string of the molecule is Cc1cccc(C(=O)N2CCC3(CC2)C[C@H](O)C[C@H](C(C)(C)C)O3)c1Cl. The summed E-state index contributed by atoms with van der Waals surface area (Å²) in [4.78, 5) is 14.7. The first-order valence-corrected chi connectivity index (χ1v) is 9.89. The van der Waals surface area contributed by atoms with Crippen LogP contribution in [0.5, 0.6) is 0 Å². The third-order valence-electron chi connectivity index (χ3n) is 5.84. The maximum Gasteiger partial charge on any atom is 0.255 e. The van der Waals surface area contributed by atoms with E-state index in [9.17, 15) is 9.90 Å². The van der Waals surface area contributed by atoms with Crippen molar-refractivity contribution in [1.82, 2.24) is 4.90 Å². The summed E-state index contributed by atoms with van der Waals surface area (Å²) >= 11 is 6.33. The second-order valence-corrected chi connectivity index (χ2v) is 9.36. The fourth-order valence-electron chi connectivity index (χ4n) is 4.11. The van der Waals surface area contributed by atoms with E-state index in [1.807, 2.05) is 24.0 Å². The molecule has 1 amide bonds. The number of hydrogen-bond acceptors (Lipinski definition) is 3. The zero-order chi connectivity index (χ0) is 19.1. The highest BCUT2D eigenvalue weighted by atomic mass is 35.5. The Labute approximate surface area is 161 Å². The van der Waals surface area contributed by atoms with Gasteiger partial charge in [0, 0.05) is 25.9 Å². The molecular weight excluding hydrogens is 350 g/mol. The molecule has 0 saturated carbocycles. The number of aliphatic hydroxyl groups is 1. The van der Waals surface area contributed by atoms with Crippen LogP contribution in [0.15, 0.2) is 18.2 Å². The quantitative estimate of drug-likeness (QED) is 0.795. The summed E-state index contributed by atoms with van der Waals surface area (Å²) in [6.45, 7) is 9.64. The molecule has 0 bridgehead atoms. The molecule has 1 N–H and O–H groups in total. The average Bonchev–Trinajstić information content (AvgIpc) is 2.56. The minimum Gasteiger partial charge on any atom is -0.393 e. The smallest absolute Gasteiger partial charge is 0.255 e. The number of rotatable bonds is 1. The number of carbonyl (C=O) groups excluding carboxylic acids is 1. The zero-order valence-electron chi connectivity index (χ0n) is 16.2. The lowest BCUT2D eigenvalue weighted by molar-refractivity contribution is -0.205. The van der Waals surface area contributed by atoms with E-state index in [1.54, 1.807) is 6.07 Å². The van der Waals surface area contributed by atoms with Gasteiger partial charge in [-0.15, -0.1) is 0 Å². The number of ether oxygens (including phenoxy) is 1. The van der Waals surface area contributed by atoms with Gasteiger partial charge in [0.2, 0.25) is 0 Å². The monoisotopic (exact) mass is 379 g/mol. The number of aliphatic hydroxyl groups excluding tert-OH is 1. The van der Waals surface area contributed by atoms with Crippen LogP contribution in [0.3, 0.4) is 0 Å². The van der Waals surface area contributed by atoms with Crippen molar-refractivity contribution >= 4 is 17.5 Å². The van der Waals surface area contributed by atoms with Gasteiger partial charge in [-0.1, -0.05) is 44.5 Å². The number of amides is 1. The van der Waals surface area contributed by atoms with Crippen molar-refractivity contribution in [2.75, 3.05) is 13.1 Å². The maximum atomic E-state index is 12.9. The molecule has 0 radical (unpaired) electrons. The van der Waals surface area contributed by atoms with Crippen LogP contribution in [0.25, 0.3) is 0 Å². The Morgan fingerprint density at radius 1 is 1.31 bits per heavy atom. The molecule has 2 atom stereocenters. The largest absolute Gasteiger partial charge is 0.393 e. The van der Waals surface area contributed by atoms with E-state index in [4.69, 9.17) is 16.3 Å². The highest BCUT2D eigenvalue weighted by Gasteiger charge is 2.46. The van der Waals surface area contributed by atoms with Crippen LogP contribution in [0.1, 0.15) is 62.4 Å². The summed E-state index contributed by atoms with van der Waals surface area (Å²) in [6, 6.07) is 5.57. The second kappa shape index (κ2) is 7.14. The van der Waals surface area contributed by atoms with Crippen LogP contribution in [-0.4, -0.2) is 46.8 Å². The topological polar surface area (TPSA) is 49.8 Å². The number of carbonyl (C=O) groups is 1. The third kappa shape index (κ3) is 3.92. The molecule has 5 heteroatoms. The van der Waals surface area contributed by atoms with Crippen molar-refractivity contribution < 1.29 is 14.6 Å². The molecular formula is C21H30ClNO3. The lowest BCUT2D eigenvalue weighted by Crippen LogP contribution is -2.55. The fraction of sp³-hybridized carbons (Fsp3) is 0.667. The molecule has 0 unspecified atom stereocenters. The summed E-state index contributed by atoms with van der Waals surface area (Å²) in [5, 5.41) is 10.9. The number of halogens is 1. The van der Waals surface area contributed by atoms with E-state index >= 15 is 0 Å². The molecule has 2 aliphatic heterocycles. The summed E-state index contributed by atoms with van der Waals surface area (Å²) in [5.74, 6) is -0.0164. The molecule has 4 nitrogen and oxygen atoms in total. The predicted octanol–water partition coefficient (Wildman–Crippen LogP) is 4.21. The summed E-state index contributed by atoms with van der Waals surface area (Å²) in [6.07, 6.45) is 2.57. The van der Waals surface area contributed by atoms with Crippen molar-refractivity contribution in [2.24, 2.45) is 5.41 Å². The standard InChI is InChI=1S/C21H30ClNO3/c1-14-6-5-7-16(18(14)22)19(25)23-10-8-21(9-11-23)13-15(24)12-17(26-21)20(2,3)4/h5-7,15,17,24H,8-13H2,1-4H3/t15-,17-/m1/s1. The fourth-order valence-corrected chi connectivity index (χ4v) is 4.32. The number of piperidine rings is 1. The Balaban J connectivity index is 1.70. The number of aryl methyl sites for hydroxylation is 1. The van der Waals surface area contributed by atoms with Crippen LogP contribution in [0, 0.1) is 12.3 Å². The Bertz CT molecular complexity index is 674. The molecule has 144 valence electrons. The van der Waals surface area contributed by atoms with Gasteiger partial charge in [-0.2, -0.15) is 0 Å². The van der Waals surface area contributed by atoms with Crippen LogP contribution in [-0.2, 0) is 4.74 Å². The molecule has 2 fully saturated rings.